The van der Waals surface area contributed by atoms with Gasteiger partial charge in [-0.05, 0) is 37.3 Å². The predicted molar refractivity (Wildman–Crippen MR) is 113 cm³/mol. The van der Waals surface area contributed by atoms with E-state index in [1.807, 2.05) is 6.92 Å². The number of alkyl halides is 3. The summed E-state index contributed by atoms with van der Waals surface area (Å²) in [6.45, 7) is 1.55. The van der Waals surface area contributed by atoms with Gasteiger partial charge in [0, 0.05) is 24.5 Å². The number of amides is 1. The van der Waals surface area contributed by atoms with E-state index in [0.29, 0.717) is 11.2 Å². The van der Waals surface area contributed by atoms with Crippen LogP contribution in [0.4, 0.5) is 24.0 Å². The molecule has 0 aliphatic rings. The summed E-state index contributed by atoms with van der Waals surface area (Å²) in [4.78, 5) is 15.7. The summed E-state index contributed by atoms with van der Waals surface area (Å²) in [6.07, 6.45) is -3.39. The number of aromatic nitrogens is 1. The predicted octanol–water partition coefficient (Wildman–Crippen LogP) is 4.69. The average Bonchev–Trinajstić information content (AvgIpc) is 3.22. The molecule has 11 heteroatoms. The van der Waals surface area contributed by atoms with E-state index in [9.17, 15) is 26.4 Å². The number of benzene rings is 2. The number of hydrogen-bond donors (Lipinski definition) is 1. The molecule has 6 nitrogen and oxygen atoms in total. The van der Waals surface area contributed by atoms with Gasteiger partial charge in [0.15, 0.2) is 5.13 Å². The number of aryl methyl sites for hydroxylation is 1. The lowest BCUT2D eigenvalue weighted by atomic mass is 10.2. The highest BCUT2D eigenvalue weighted by atomic mass is 32.2. The quantitative estimate of drug-likeness (QED) is 0.544. The molecule has 0 unspecified atom stereocenters. The van der Waals surface area contributed by atoms with Gasteiger partial charge in [0.25, 0.3) is 10.0 Å². The zero-order valence-electron chi connectivity index (χ0n) is 16.3. The molecule has 0 aliphatic heterocycles. The van der Waals surface area contributed by atoms with E-state index in [4.69, 9.17) is 0 Å². The number of nitrogens with zero attached hydrogens (tertiary/aromatic N) is 2. The summed E-state index contributed by atoms with van der Waals surface area (Å²) >= 11 is 1.21. The summed E-state index contributed by atoms with van der Waals surface area (Å²) in [7, 11) is -4.37. The largest absolute Gasteiger partial charge is 0.416 e. The van der Waals surface area contributed by atoms with Crippen LogP contribution in [0.15, 0.2) is 65.0 Å². The first-order valence-corrected chi connectivity index (χ1v) is 11.4. The maximum Gasteiger partial charge on any atom is 0.416 e. The van der Waals surface area contributed by atoms with E-state index >= 15 is 0 Å². The van der Waals surface area contributed by atoms with E-state index in [2.05, 4.69) is 10.3 Å². The van der Waals surface area contributed by atoms with Gasteiger partial charge in [-0.15, -0.1) is 11.3 Å². The van der Waals surface area contributed by atoms with Crippen LogP contribution in [0.1, 0.15) is 17.5 Å². The number of hydrogen-bond acceptors (Lipinski definition) is 5. The van der Waals surface area contributed by atoms with E-state index < -0.39 is 32.6 Å². The Morgan fingerprint density at radius 2 is 1.87 bits per heavy atom. The Bertz CT molecular complexity index is 1150. The Morgan fingerprint density at radius 1 is 1.16 bits per heavy atom. The van der Waals surface area contributed by atoms with Crippen molar-refractivity contribution in [2.24, 2.45) is 0 Å². The van der Waals surface area contributed by atoms with Gasteiger partial charge in [-0.3, -0.25) is 9.10 Å². The summed E-state index contributed by atoms with van der Waals surface area (Å²) < 4.78 is 66.7. The van der Waals surface area contributed by atoms with Gasteiger partial charge in [-0.25, -0.2) is 13.4 Å². The van der Waals surface area contributed by atoms with Crippen LogP contribution in [-0.4, -0.2) is 25.9 Å². The first-order valence-electron chi connectivity index (χ1n) is 9.03. The Kier molecular flexibility index (Phi) is 6.65. The van der Waals surface area contributed by atoms with Crippen molar-refractivity contribution < 1.29 is 26.4 Å². The highest BCUT2D eigenvalue weighted by molar-refractivity contribution is 7.92. The normalized spacial score (nSPS) is 11.9. The van der Waals surface area contributed by atoms with Crippen LogP contribution in [-0.2, 0) is 21.0 Å². The van der Waals surface area contributed by atoms with Crippen LogP contribution in [0.3, 0.4) is 0 Å². The average molecular weight is 470 g/mol. The van der Waals surface area contributed by atoms with Crippen molar-refractivity contribution >= 4 is 38.1 Å². The van der Waals surface area contributed by atoms with Crippen molar-refractivity contribution in [1.29, 1.82) is 0 Å². The fourth-order valence-corrected chi connectivity index (χ4v) is 4.79. The van der Waals surface area contributed by atoms with Crippen molar-refractivity contribution in [3.05, 3.63) is 71.2 Å². The van der Waals surface area contributed by atoms with Gasteiger partial charge in [-0.2, -0.15) is 13.2 Å². The van der Waals surface area contributed by atoms with Crippen LogP contribution in [0.2, 0.25) is 0 Å². The molecule has 0 fully saturated rings. The number of thiazole rings is 1. The fourth-order valence-electron chi connectivity index (χ4n) is 2.73. The molecule has 3 aromatic rings. The van der Waals surface area contributed by atoms with Crippen LogP contribution in [0.25, 0.3) is 0 Å². The van der Waals surface area contributed by atoms with Crippen LogP contribution < -0.4 is 9.62 Å². The Hall–Kier alpha value is -2.92. The molecular formula is C20H18F3N3O3S2. The van der Waals surface area contributed by atoms with Gasteiger partial charge in [-0.1, -0.05) is 23.8 Å². The molecule has 0 saturated heterocycles. The molecule has 31 heavy (non-hydrogen) atoms. The molecule has 0 spiro atoms. The smallest absolute Gasteiger partial charge is 0.302 e. The summed E-state index contributed by atoms with van der Waals surface area (Å²) in [5.41, 5.74) is 0.0469. The van der Waals surface area contributed by atoms with E-state index in [1.54, 1.807) is 29.6 Å². The maximum atomic E-state index is 13.2. The van der Waals surface area contributed by atoms with E-state index in [-0.39, 0.29) is 18.7 Å². The molecule has 0 saturated carbocycles. The zero-order chi connectivity index (χ0) is 22.6. The number of halogens is 3. The van der Waals surface area contributed by atoms with E-state index in [0.717, 1.165) is 28.1 Å². The Balaban J connectivity index is 1.91. The third-order valence-corrected chi connectivity index (χ3v) is 6.80. The standard InChI is InChI=1S/C20H18F3N3O3S2/c1-14-5-7-16(8-6-14)26(11-9-18(27)25-19-24-10-12-30-19)31(28,29)17-4-2-3-15(13-17)20(21,22)23/h2-8,10,12-13H,9,11H2,1H3,(H,24,25,27). The van der Waals surface area contributed by atoms with Crippen molar-refractivity contribution in [3.8, 4) is 0 Å². The number of nitrogens with one attached hydrogen (secondary N) is 1. The molecular weight excluding hydrogens is 451 g/mol. The van der Waals surface area contributed by atoms with Gasteiger partial charge >= 0.3 is 6.18 Å². The molecule has 1 amide bonds. The summed E-state index contributed by atoms with van der Waals surface area (Å²) in [5, 5.41) is 4.60. The minimum atomic E-state index is -4.69. The van der Waals surface area contributed by atoms with Crippen molar-refractivity contribution in [3.63, 3.8) is 0 Å². The number of carbonyl (C=O) groups excluding carboxylic acids is 1. The Morgan fingerprint density at radius 3 is 2.48 bits per heavy atom. The molecule has 0 bridgehead atoms. The van der Waals surface area contributed by atoms with Crippen molar-refractivity contribution in [2.75, 3.05) is 16.2 Å². The van der Waals surface area contributed by atoms with Gasteiger partial charge in [0.05, 0.1) is 16.1 Å². The second-order valence-electron chi connectivity index (χ2n) is 6.57. The van der Waals surface area contributed by atoms with Gasteiger partial charge < -0.3 is 5.32 Å². The number of sulfonamides is 1. The monoisotopic (exact) mass is 469 g/mol. The molecule has 0 radical (unpaired) electrons. The lowest BCUT2D eigenvalue weighted by Crippen LogP contribution is -2.34. The third-order valence-electron chi connectivity index (χ3n) is 4.29. The van der Waals surface area contributed by atoms with Crippen LogP contribution >= 0.6 is 11.3 Å². The summed E-state index contributed by atoms with van der Waals surface area (Å²) in [5.74, 6) is -0.466. The number of carbonyl (C=O) groups is 1. The highest BCUT2D eigenvalue weighted by Gasteiger charge is 2.33. The molecule has 1 heterocycles. The van der Waals surface area contributed by atoms with Crippen molar-refractivity contribution in [2.45, 2.75) is 24.4 Å². The lowest BCUT2D eigenvalue weighted by molar-refractivity contribution is -0.137. The SMILES string of the molecule is Cc1ccc(N(CCC(=O)Nc2nccs2)S(=O)(=O)c2cccc(C(F)(F)F)c2)cc1. The first kappa shape index (κ1) is 22.8. The van der Waals surface area contributed by atoms with E-state index in [1.165, 1.54) is 17.5 Å². The highest BCUT2D eigenvalue weighted by Crippen LogP contribution is 2.32. The topological polar surface area (TPSA) is 79.4 Å². The second kappa shape index (κ2) is 9.06. The van der Waals surface area contributed by atoms with Crippen LogP contribution in [0.5, 0.6) is 0 Å². The number of anilines is 2. The minimum absolute atomic E-state index is 0.217. The second-order valence-corrected chi connectivity index (χ2v) is 9.33. The van der Waals surface area contributed by atoms with Gasteiger partial charge in [0.2, 0.25) is 5.91 Å². The Labute approximate surface area is 181 Å². The zero-order valence-corrected chi connectivity index (χ0v) is 17.9. The van der Waals surface area contributed by atoms with Crippen molar-refractivity contribution in [1.82, 2.24) is 4.98 Å². The third kappa shape index (κ3) is 5.61. The molecule has 0 atom stereocenters. The minimum Gasteiger partial charge on any atom is -0.302 e. The summed E-state index contributed by atoms with van der Waals surface area (Å²) in [6, 6.07) is 9.97. The molecule has 0 aliphatic carbocycles. The maximum absolute atomic E-state index is 13.2. The molecule has 3 rings (SSSR count). The molecule has 1 aromatic heterocycles. The first-order chi connectivity index (χ1) is 14.6. The molecule has 2 aromatic carbocycles. The molecule has 164 valence electrons. The fraction of sp³-hybridized carbons (Fsp3) is 0.200. The number of rotatable bonds is 7. The lowest BCUT2D eigenvalue weighted by Gasteiger charge is -2.25. The van der Waals surface area contributed by atoms with Gasteiger partial charge in [0.1, 0.15) is 0 Å². The molecule has 1 N–H and O–H groups in total. The van der Waals surface area contributed by atoms with Crippen LogP contribution in [0, 0.1) is 6.92 Å².